The van der Waals surface area contributed by atoms with Crippen molar-refractivity contribution in [2.75, 3.05) is 0 Å². The van der Waals surface area contributed by atoms with Crippen molar-refractivity contribution in [3.05, 3.63) is 59.8 Å². The van der Waals surface area contributed by atoms with Crippen molar-refractivity contribution in [1.29, 1.82) is 0 Å². The molecular weight excluding hydrogens is 244 g/mol. The highest BCUT2D eigenvalue weighted by Gasteiger charge is 2.09. The van der Waals surface area contributed by atoms with Crippen LogP contribution in [0.25, 0.3) is 27.5 Å². The van der Waals surface area contributed by atoms with E-state index >= 15 is 0 Å². The first kappa shape index (κ1) is 9.92. The SMILES string of the molecule is Clc1c2ccccc2nc2cc3ccccc3n12. The van der Waals surface area contributed by atoms with Gasteiger partial charge in [-0.05, 0) is 24.3 Å². The lowest BCUT2D eigenvalue weighted by atomic mass is 10.2. The Balaban J connectivity index is 2.34. The van der Waals surface area contributed by atoms with E-state index in [-0.39, 0.29) is 0 Å². The highest BCUT2D eigenvalue weighted by Crippen LogP contribution is 2.28. The van der Waals surface area contributed by atoms with Gasteiger partial charge < -0.3 is 0 Å². The van der Waals surface area contributed by atoms with Gasteiger partial charge in [-0.1, -0.05) is 41.9 Å². The molecular formula is C15H9ClN2. The van der Waals surface area contributed by atoms with Gasteiger partial charge in [-0.25, -0.2) is 4.98 Å². The molecule has 0 saturated heterocycles. The molecule has 0 aliphatic carbocycles. The lowest BCUT2D eigenvalue weighted by Gasteiger charge is -2.04. The molecule has 0 unspecified atom stereocenters. The van der Waals surface area contributed by atoms with Gasteiger partial charge in [-0.15, -0.1) is 0 Å². The van der Waals surface area contributed by atoms with Crippen LogP contribution in [0.1, 0.15) is 0 Å². The van der Waals surface area contributed by atoms with Gasteiger partial charge in [-0.2, -0.15) is 0 Å². The minimum Gasteiger partial charge on any atom is -0.284 e. The molecule has 4 aromatic rings. The Morgan fingerprint density at radius 2 is 1.72 bits per heavy atom. The number of halogens is 1. The number of para-hydroxylation sites is 2. The third-order valence-electron chi connectivity index (χ3n) is 3.25. The Kier molecular flexibility index (Phi) is 1.91. The summed E-state index contributed by atoms with van der Waals surface area (Å²) in [6.07, 6.45) is 0. The molecule has 0 N–H and O–H groups in total. The van der Waals surface area contributed by atoms with Crippen LogP contribution >= 0.6 is 11.6 Å². The largest absolute Gasteiger partial charge is 0.284 e. The van der Waals surface area contributed by atoms with Gasteiger partial charge >= 0.3 is 0 Å². The molecule has 2 nitrogen and oxygen atoms in total. The average Bonchev–Trinajstić information content (AvgIpc) is 2.77. The number of hydrogen-bond acceptors (Lipinski definition) is 1. The van der Waals surface area contributed by atoms with Crippen LogP contribution < -0.4 is 0 Å². The fourth-order valence-electron chi connectivity index (χ4n) is 2.42. The van der Waals surface area contributed by atoms with Crippen LogP contribution in [0, 0.1) is 0 Å². The molecule has 0 aliphatic heterocycles. The predicted molar refractivity (Wildman–Crippen MR) is 75.2 cm³/mol. The predicted octanol–water partition coefficient (Wildman–Crippen LogP) is 4.29. The van der Waals surface area contributed by atoms with Crippen molar-refractivity contribution >= 4 is 39.1 Å². The summed E-state index contributed by atoms with van der Waals surface area (Å²) in [5, 5.41) is 2.85. The third kappa shape index (κ3) is 1.21. The number of benzene rings is 2. The van der Waals surface area contributed by atoms with E-state index in [1.54, 1.807) is 0 Å². The average molecular weight is 253 g/mol. The Labute approximate surface area is 108 Å². The Morgan fingerprint density at radius 3 is 2.67 bits per heavy atom. The second-order valence-electron chi connectivity index (χ2n) is 4.32. The number of nitrogens with zero attached hydrogens (tertiary/aromatic N) is 2. The Morgan fingerprint density at radius 1 is 0.944 bits per heavy atom. The molecule has 0 aliphatic rings. The van der Waals surface area contributed by atoms with E-state index in [0.717, 1.165) is 32.6 Å². The minimum atomic E-state index is 0.719. The zero-order chi connectivity index (χ0) is 12.1. The van der Waals surface area contributed by atoms with Crippen molar-refractivity contribution in [3.63, 3.8) is 0 Å². The second-order valence-corrected chi connectivity index (χ2v) is 4.67. The maximum Gasteiger partial charge on any atom is 0.139 e. The van der Waals surface area contributed by atoms with Crippen LogP contribution in [0.4, 0.5) is 0 Å². The monoisotopic (exact) mass is 252 g/mol. The first-order chi connectivity index (χ1) is 8.84. The summed E-state index contributed by atoms with van der Waals surface area (Å²) < 4.78 is 2.00. The van der Waals surface area contributed by atoms with Crippen LogP contribution in [0.5, 0.6) is 0 Å². The summed E-state index contributed by atoms with van der Waals surface area (Å²) >= 11 is 6.52. The maximum atomic E-state index is 6.52. The van der Waals surface area contributed by atoms with E-state index in [1.807, 2.05) is 40.8 Å². The summed E-state index contributed by atoms with van der Waals surface area (Å²) in [6, 6.07) is 18.2. The summed E-state index contributed by atoms with van der Waals surface area (Å²) in [6.45, 7) is 0. The molecule has 18 heavy (non-hydrogen) atoms. The Bertz CT molecular complexity index is 893. The molecule has 0 spiro atoms. The van der Waals surface area contributed by atoms with Gasteiger partial charge in [-0.3, -0.25) is 4.40 Å². The first-order valence-corrected chi connectivity index (χ1v) is 6.17. The van der Waals surface area contributed by atoms with Crippen molar-refractivity contribution in [3.8, 4) is 0 Å². The Hall–Kier alpha value is -2.06. The highest BCUT2D eigenvalue weighted by atomic mass is 35.5. The minimum absolute atomic E-state index is 0.719. The van der Waals surface area contributed by atoms with Crippen LogP contribution in [0.15, 0.2) is 54.6 Å². The smallest absolute Gasteiger partial charge is 0.139 e. The molecule has 0 radical (unpaired) electrons. The molecule has 2 aromatic heterocycles. The summed E-state index contributed by atoms with van der Waals surface area (Å²) in [4.78, 5) is 4.65. The van der Waals surface area contributed by atoms with E-state index in [2.05, 4.69) is 23.2 Å². The molecule has 4 rings (SSSR count). The second kappa shape index (κ2) is 3.47. The van der Waals surface area contributed by atoms with Crippen LogP contribution in [0.3, 0.4) is 0 Å². The first-order valence-electron chi connectivity index (χ1n) is 5.79. The number of rotatable bonds is 0. The topological polar surface area (TPSA) is 17.3 Å². The lowest BCUT2D eigenvalue weighted by Crippen LogP contribution is -1.91. The zero-order valence-corrected chi connectivity index (χ0v) is 10.2. The van der Waals surface area contributed by atoms with Crippen molar-refractivity contribution < 1.29 is 0 Å². The van der Waals surface area contributed by atoms with E-state index < -0.39 is 0 Å². The van der Waals surface area contributed by atoms with Gasteiger partial charge in [0.05, 0.1) is 11.0 Å². The van der Waals surface area contributed by atoms with Crippen LogP contribution in [-0.2, 0) is 0 Å². The molecule has 86 valence electrons. The number of hydrogen-bond donors (Lipinski definition) is 0. The van der Waals surface area contributed by atoms with Crippen molar-refractivity contribution in [2.45, 2.75) is 0 Å². The fourth-order valence-corrected chi connectivity index (χ4v) is 2.76. The normalized spacial score (nSPS) is 11.6. The van der Waals surface area contributed by atoms with Crippen LogP contribution in [0.2, 0.25) is 5.15 Å². The fraction of sp³-hybridized carbons (Fsp3) is 0. The van der Waals surface area contributed by atoms with E-state index in [4.69, 9.17) is 11.6 Å². The molecule has 2 heterocycles. The molecule has 0 saturated carbocycles. The quantitative estimate of drug-likeness (QED) is 0.427. The van der Waals surface area contributed by atoms with E-state index in [0.29, 0.717) is 0 Å². The van der Waals surface area contributed by atoms with Crippen molar-refractivity contribution in [1.82, 2.24) is 9.38 Å². The van der Waals surface area contributed by atoms with E-state index in [1.165, 1.54) is 0 Å². The van der Waals surface area contributed by atoms with Gasteiger partial charge in [0.15, 0.2) is 0 Å². The van der Waals surface area contributed by atoms with E-state index in [9.17, 15) is 0 Å². The van der Waals surface area contributed by atoms with Gasteiger partial charge in [0, 0.05) is 10.8 Å². The zero-order valence-electron chi connectivity index (χ0n) is 9.47. The molecule has 2 aromatic carbocycles. The molecule has 0 atom stereocenters. The molecule has 0 fully saturated rings. The van der Waals surface area contributed by atoms with Crippen LogP contribution in [-0.4, -0.2) is 9.38 Å². The lowest BCUT2D eigenvalue weighted by molar-refractivity contribution is 1.21. The summed E-state index contributed by atoms with van der Waals surface area (Å²) in [7, 11) is 0. The standard InChI is InChI=1S/C15H9ClN2/c16-15-11-6-2-3-7-12(11)17-14-9-10-5-1-4-8-13(10)18(14)15/h1-9H. The molecule has 0 amide bonds. The molecule has 0 bridgehead atoms. The van der Waals surface area contributed by atoms with Gasteiger partial charge in [0.2, 0.25) is 0 Å². The van der Waals surface area contributed by atoms with Crippen molar-refractivity contribution in [2.24, 2.45) is 0 Å². The summed E-state index contributed by atoms with van der Waals surface area (Å²) in [5.74, 6) is 0. The number of aromatic nitrogens is 2. The maximum absolute atomic E-state index is 6.52. The van der Waals surface area contributed by atoms with Gasteiger partial charge in [0.25, 0.3) is 0 Å². The number of fused-ring (bicyclic) bond motifs is 4. The van der Waals surface area contributed by atoms with Gasteiger partial charge in [0.1, 0.15) is 10.8 Å². The highest BCUT2D eigenvalue weighted by molar-refractivity contribution is 6.34. The molecule has 3 heteroatoms. The summed E-state index contributed by atoms with van der Waals surface area (Å²) in [5.41, 5.74) is 2.91. The third-order valence-corrected chi connectivity index (χ3v) is 3.62.